The molecule has 0 spiro atoms. The van der Waals surface area contributed by atoms with E-state index < -0.39 is 0 Å². The van der Waals surface area contributed by atoms with Gasteiger partial charge in [-0.05, 0) is 37.3 Å². The molecular formula is C13H15N3. The average molecular weight is 213 g/mol. The molecule has 0 aromatic carbocycles. The molecular weight excluding hydrogens is 198 g/mol. The number of rotatable bonds is 3. The monoisotopic (exact) mass is 213 g/mol. The predicted molar refractivity (Wildman–Crippen MR) is 67.2 cm³/mol. The molecule has 2 rings (SSSR count). The van der Waals surface area contributed by atoms with Crippen molar-refractivity contribution in [2.45, 2.75) is 6.92 Å². The van der Waals surface area contributed by atoms with Crippen molar-refractivity contribution in [1.29, 1.82) is 0 Å². The van der Waals surface area contributed by atoms with E-state index in [1.165, 1.54) is 0 Å². The van der Waals surface area contributed by atoms with Gasteiger partial charge in [0.05, 0.1) is 11.4 Å². The number of allylic oxidation sites excluding steroid dienone is 1. The maximum absolute atomic E-state index is 4.02. The van der Waals surface area contributed by atoms with Crippen molar-refractivity contribution in [1.82, 2.24) is 9.66 Å². The Morgan fingerprint density at radius 2 is 2.00 bits per heavy atom. The third kappa shape index (κ3) is 1.98. The molecule has 16 heavy (non-hydrogen) atoms. The zero-order valence-electron chi connectivity index (χ0n) is 9.54. The van der Waals surface area contributed by atoms with Crippen LogP contribution in [0.2, 0.25) is 0 Å². The Labute approximate surface area is 95.6 Å². The van der Waals surface area contributed by atoms with Gasteiger partial charge in [-0.3, -0.25) is 14.7 Å². The molecule has 2 aromatic rings. The highest BCUT2D eigenvalue weighted by atomic mass is 15.5. The van der Waals surface area contributed by atoms with Crippen LogP contribution < -0.4 is 5.01 Å². The predicted octanol–water partition coefficient (Wildman–Crippen LogP) is 2.82. The zero-order chi connectivity index (χ0) is 11.4. The highest BCUT2D eigenvalue weighted by Gasteiger charge is 2.04. The van der Waals surface area contributed by atoms with Gasteiger partial charge in [0.1, 0.15) is 0 Å². The largest absolute Gasteiger partial charge is 0.284 e. The topological polar surface area (TPSA) is 21.1 Å². The molecule has 0 aliphatic rings. The SMILES string of the molecule is CC=Cc1cccn1N(C)c1ccncc1. The third-order valence-electron chi connectivity index (χ3n) is 2.46. The molecule has 0 aliphatic carbocycles. The van der Waals surface area contributed by atoms with Gasteiger partial charge in [-0.15, -0.1) is 0 Å². The molecule has 0 atom stereocenters. The number of hydrogen-bond donors (Lipinski definition) is 0. The molecule has 0 aliphatic heterocycles. The van der Waals surface area contributed by atoms with Crippen LogP contribution in [0.15, 0.2) is 48.9 Å². The van der Waals surface area contributed by atoms with E-state index in [1.807, 2.05) is 44.4 Å². The number of hydrogen-bond acceptors (Lipinski definition) is 2. The Morgan fingerprint density at radius 3 is 2.69 bits per heavy atom. The van der Waals surface area contributed by atoms with Crippen LogP contribution in [0, 0.1) is 0 Å². The Hall–Kier alpha value is -2.03. The van der Waals surface area contributed by atoms with Crippen LogP contribution in [0.4, 0.5) is 5.69 Å². The van der Waals surface area contributed by atoms with E-state index in [0.29, 0.717) is 0 Å². The maximum atomic E-state index is 4.02. The van der Waals surface area contributed by atoms with Crippen molar-refractivity contribution in [2.75, 3.05) is 12.1 Å². The Balaban J connectivity index is 2.34. The van der Waals surface area contributed by atoms with Crippen molar-refractivity contribution < 1.29 is 0 Å². The average Bonchev–Trinajstić information content (AvgIpc) is 2.78. The first-order valence-electron chi connectivity index (χ1n) is 5.27. The van der Waals surface area contributed by atoms with Gasteiger partial charge in [-0.25, -0.2) is 0 Å². The summed E-state index contributed by atoms with van der Waals surface area (Å²) in [5, 5.41) is 2.08. The van der Waals surface area contributed by atoms with Crippen molar-refractivity contribution in [3.8, 4) is 0 Å². The summed E-state index contributed by atoms with van der Waals surface area (Å²) in [6.45, 7) is 2.02. The standard InChI is InChI=1S/C13H15N3/c1-3-5-13-6-4-11-16(13)15(2)12-7-9-14-10-8-12/h3-11H,1-2H3. The molecule has 2 heterocycles. The van der Waals surface area contributed by atoms with E-state index in [4.69, 9.17) is 0 Å². The molecule has 3 heteroatoms. The van der Waals surface area contributed by atoms with E-state index in [-0.39, 0.29) is 0 Å². The summed E-state index contributed by atoms with van der Waals surface area (Å²) in [5.41, 5.74) is 2.26. The summed E-state index contributed by atoms with van der Waals surface area (Å²) < 4.78 is 2.09. The van der Waals surface area contributed by atoms with Gasteiger partial charge < -0.3 is 0 Å². The van der Waals surface area contributed by atoms with Crippen molar-refractivity contribution in [3.05, 3.63) is 54.6 Å². The van der Waals surface area contributed by atoms with E-state index >= 15 is 0 Å². The van der Waals surface area contributed by atoms with Gasteiger partial charge >= 0.3 is 0 Å². The molecule has 0 saturated heterocycles. The van der Waals surface area contributed by atoms with Gasteiger partial charge in [-0.2, -0.15) is 0 Å². The summed E-state index contributed by atoms with van der Waals surface area (Å²) in [7, 11) is 2.03. The maximum Gasteiger partial charge on any atom is 0.0622 e. The number of anilines is 1. The van der Waals surface area contributed by atoms with Crippen LogP contribution in [0.3, 0.4) is 0 Å². The molecule has 3 nitrogen and oxygen atoms in total. The number of aromatic nitrogens is 2. The van der Waals surface area contributed by atoms with Crippen LogP contribution in [-0.4, -0.2) is 16.7 Å². The van der Waals surface area contributed by atoms with Gasteiger partial charge in [0.25, 0.3) is 0 Å². The molecule has 0 saturated carbocycles. The minimum atomic E-state index is 1.11. The first kappa shape index (κ1) is 10.5. The van der Waals surface area contributed by atoms with Crippen molar-refractivity contribution in [3.63, 3.8) is 0 Å². The molecule has 2 aromatic heterocycles. The van der Waals surface area contributed by atoms with E-state index in [9.17, 15) is 0 Å². The first-order chi connectivity index (χ1) is 7.83. The molecule has 0 amide bonds. The molecule has 0 bridgehead atoms. The summed E-state index contributed by atoms with van der Waals surface area (Å²) in [5.74, 6) is 0. The zero-order valence-corrected chi connectivity index (χ0v) is 9.54. The normalized spacial score (nSPS) is 10.9. The Bertz CT molecular complexity index is 471. The molecule has 82 valence electrons. The van der Waals surface area contributed by atoms with Gasteiger partial charge in [0, 0.05) is 25.6 Å². The van der Waals surface area contributed by atoms with Gasteiger partial charge in [-0.1, -0.05) is 6.08 Å². The van der Waals surface area contributed by atoms with Gasteiger partial charge in [0.2, 0.25) is 0 Å². The summed E-state index contributed by atoms with van der Waals surface area (Å²) >= 11 is 0. The van der Waals surface area contributed by atoms with Crippen LogP contribution in [-0.2, 0) is 0 Å². The van der Waals surface area contributed by atoms with Crippen LogP contribution >= 0.6 is 0 Å². The minimum absolute atomic E-state index is 1.11. The first-order valence-corrected chi connectivity index (χ1v) is 5.27. The minimum Gasteiger partial charge on any atom is -0.284 e. The fourth-order valence-electron chi connectivity index (χ4n) is 1.65. The third-order valence-corrected chi connectivity index (χ3v) is 2.46. The highest BCUT2D eigenvalue weighted by Crippen LogP contribution is 2.14. The lowest BCUT2D eigenvalue weighted by atomic mass is 10.4. The molecule has 0 radical (unpaired) electrons. The Morgan fingerprint density at radius 1 is 1.25 bits per heavy atom. The molecule has 0 unspecified atom stereocenters. The van der Waals surface area contributed by atoms with Crippen LogP contribution in [0.25, 0.3) is 6.08 Å². The van der Waals surface area contributed by atoms with Crippen molar-refractivity contribution in [2.24, 2.45) is 0 Å². The highest BCUT2D eigenvalue weighted by molar-refractivity contribution is 5.50. The van der Waals surface area contributed by atoms with Crippen LogP contribution in [0.1, 0.15) is 12.6 Å². The lowest BCUT2D eigenvalue weighted by molar-refractivity contribution is 0.772. The second-order valence-corrected chi connectivity index (χ2v) is 3.51. The van der Waals surface area contributed by atoms with Crippen molar-refractivity contribution >= 4 is 11.8 Å². The fraction of sp³-hybridized carbons (Fsp3) is 0.154. The second-order valence-electron chi connectivity index (χ2n) is 3.51. The van der Waals surface area contributed by atoms with Gasteiger partial charge in [0.15, 0.2) is 0 Å². The Kier molecular flexibility index (Phi) is 3.05. The number of nitrogens with zero attached hydrogens (tertiary/aromatic N) is 3. The lowest BCUT2D eigenvalue weighted by Crippen LogP contribution is -2.24. The molecule has 0 fully saturated rings. The summed E-state index contributed by atoms with van der Waals surface area (Å²) in [6.07, 6.45) is 9.75. The van der Waals surface area contributed by atoms with E-state index in [0.717, 1.165) is 11.4 Å². The summed E-state index contributed by atoms with van der Waals surface area (Å²) in [6, 6.07) is 8.09. The second kappa shape index (κ2) is 4.66. The van der Waals surface area contributed by atoms with Crippen LogP contribution in [0.5, 0.6) is 0 Å². The lowest BCUT2D eigenvalue weighted by Gasteiger charge is -2.22. The smallest absolute Gasteiger partial charge is 0.0622 e. The number of pyridine rings is 1. The van der Waals surface area contributed by atoms with E-state index in [1.54, 1.807) is 12.4 Å². The fourth-order valence-corrected chi connectivity index (χ4v) is 1.65. The quantitative estimate of drug-likeness (QED) is 0.781. The molecule has 0 N–H and O–H groups in total. The summed E-state index contributed by atoms with van der Waals surface area (Å²) in [4.78, 5) is 4.02. The van der Waals surface area contributed by atoms with E-state index in [2.05, 4.69) is 26.8 Å².